The minimum atomic E-state index is 0.261. The number of benzene rings is 1. The topological polar surface area (TPSA) is 32.8 Å². The van der Waals surface area contributed by atoms with Crippen LogP contribution in [-0.2, 0) is 9.53 Å². The summed E-state index contributed by atoms with van der Waals surface area (Å²) in [5.74, 6) is 1.99. The molecule has 3 aliphatic rings. The lowest BCUT2D eigenvalue weighted by molar-refractivity contribution is -0.135. The normalized spacial score (nSPS) is 30.5. The lowest BCUT2D eigenvalue weighted by Crippen LogP contribution is -2.41. The van der Waals surface area contributed by atoms with Crippen LogP contribution in [0.1, 0.15) is 43.6 Å². The van der Waals surface area contributed by atoms with Crippen LogP contribution in [0.5, 0.6) is 0 Å². The number of hydrogen-bond donors (Lipinski definition) is 0. The van der Waals surface area contributed by atoms with Crippen molar-refractivity contribution >= 4 is 5.91 Å². The molecular weight excluding hydrogens is 324 g/mol. The highest BCUT2D eigenvalue weighted by Crippen LogP contribution is 2.37. The van der Waals surface area contributed by atoms with Crippen LogP contribution in [0.15, 0.2) is 30.3 Å². The third kappa shape index (κ3) is 4.29. The van der Waals surface area contributed by atoms with E-state index in [-0.39, 0.29) is 5.92 Å². The molecular formula is C22H32N2O2. The standard InChI is InChI=1S/C22H32N2O2/c25-22(21-8-6-20(7-9-21)19-4-2-1-3-5-19)24-11-10-18(17-24)16-23-12-14-26-15-13-23/h1-5,18,20-21H,6-17H2. The first kappa shape index (κ1) is 18.0. The summed E-state index contributed by atoms with van der Waals surface area (Å²) in [6, 6.07) is 10.8. The number of amides is 1. The van der Waals surface area contributed by atoms with Crippen LogP contribution in [0.2, 0.25) is 0 Å². The second-order valence-corrected chi connectivity index (χ2v) is 8.31. The van der Waals surface area contributed by atoms with Crippen LogP contribution >= 0.6 is 0 Å². The lowest BCUT2D eigenvalue weighted by Gasteiger charge is -2.31. The molecule has 2 heterocycles. The van der Waals surface area contributed by atoms with Crippen LogP contribution in [0.3, 0.4) is 0 Å². The molecule has 1 atom stereocenters. The van der Waals surface area contributed by atoms with Crippen molar-refractivity contribution in [2.45, 2.75) is 38.0 Å². The molecule has 1 aromatic rings. The largest absolute Gasteiger partial charge is 0.379 e. The van der Waals surface area contributed by atoms with Gasteiger partial charge in [0.2, 0.25) is 5.91 Å². The van der Waals surface area contributed by atoms with Gasteiger partial charge in [-0.2, -0.15) is 0 Å². The molecule has 142 valence electrons. The molecule has 4 rings (SSSR count). The fraction of sp³-hybridized carbons (Fsp3) is 0.682. The maximum Gasteiger partial charge on any atom is 0.225 e. The Bertz CT molecular complexity index is 577. The number of nitrogens with zero attached hydrogens (tertiary/aromatic N) is 2. The molecule has 1 aliphatic carbocycles. The Balaban J connectivity index is 1.24. The van der Waals surface area contributed by atoms with Crippen molar-refractivity contribution in [2.75, 3.05) is 45.9 Å². The lowest BCUT2D eigenvalue weighted by atomic mass is 9.78. The minimum Gasteiger partial charge on any atom is -0.379 e. The van der Waals surface area contributed by atoms with Crippen molar-refractivity contribution in [3.05, 3.63) is 35.9 Å². The average Bonchev–Trinajstić information content (AvgIpc) is 3.17. The number of ether oxygens (including phenoxy) is 1. The van der Waals surface area contributed by atoms with Gasteiger partial charge in [0.1, 0.15) is 0 Å². The number of rotatable bonds is 4. The highest BCUT2D eigenvalue weighted by molar-refractivity contribution is 5.79. The highest BCUT2D eigenvalue weighted by Gasteiger charge is 2.34. The van der Waals surface area contributed by atoms with Gasteiger partial charge in [-0.3, -0.25) is 9.69 Å². The Hall–Kier alpha value is -1.39. The van der Waals surface area contributed by atoms with E-state index in [0.29, 0.717) is 17.7 Å². The minimum absolute atomic E-state index is 0.261. The number of carbonyl (C=O) groups excluding carboxylic acids is 1. The number of carbonyl (C=O) groups is 1. The van der Waals surface area contributed by atoms with E-state index >= 15 is 0 Å². The van der Waals surface area contributed by atoms with Gasteiger partial charge >= 0.3 is 0 Å². The molecule has 0 spiro atoms. The second kappa shape index (κ2) is 8.53. The van der Waals surface area contributed by atoms with Crippen molar-refractivity contribution < 1.29 is 9.53 Å². The zero-order chi connectivity index (χ0) is 17.8. The molecule has 0 aromatic heterocycles. The van der Waals surface area contributed by atoms with E-state index in [1.165, 1.54) is 12.0 Å². The quantitative estimate of drug-likeness (QED) is 0.831. The molecule has 0 bridgehead atoms. The third-order valence-electron chi connectivity index (χ3n) is 6.57. The Labute approximate surface area is 157 Å². The first-order chi connectivity index (χ1) is 12.8. The maximum absolute atomic E-state index is 13.0. The number of likely N-dealkylation sites (tertiary alicyclic amines) is 1. The molecule has 1 saturated carbocycles. The van der Waals surface area contributed by atoms with E-state index in [1.807, 2.05) is 0 Å². The first-order valence-corrected chi connectivity index (χ1v) is 10.4. The smallest absolute Gasteiger partial charge is 0.225 e. The van der Waals surface area contributed by atoms with Gasteiger partial charge in [-0.1, -0.05) is 30.3 Å². The van der Waals surface area contributed by atoms with Crippen LogP contribution in [0, 0.1) is 11.8 Å². The second-order valence-electron chi connectivity index (χ2n) is 8.31. The summed E-state index contributed by atoms with van der Waals surface area (Å²) in [7, 11) is 0. The van der Waals surface area contributed by atoms with Gasteiger partial charge in [-0.05, 0) is 49.5 Å². The van der Waals surface area contributed by atoms with Gasteiger partial charge in [0.15, 0.2) is 0 Å². The molecule has 1 unspecified atom stereocenters. The van der Waals surface area contributed by atoms with Crippen molar-refractivity contribution in [3.8, 4) is 0 Å². The highest BCUT2D eigenvalue weighted by atomic mass is 16.5. The van der Waals surface area contributed by atoms with E-state index in [9.17, 15) is 4.79 Å². The van der Waals surface area contributed by atoms with Crippen LogP contribution in [-0.4, -0.2) is 61.6 Å². The van der Waals surface area contributed by atoms with Crippen LogP contribution in [0.4, 0.5) is 0 Å². The van der Waals surface area contributed by atoms with Crippen molar-refractivity contribution in [3.63, 3.8) is 0 Å². The fourth-order valence-electron chi connectivity index (χ4n) is 4.99. The molecule has 1 amide bonds. The van der Waals surface area contributed by atoms with Gasteiger partial charge in [0, 0.05) is 38.6 Å². The van der Waals surface area contributed by atoms with E-state index < -0.39 is 0 Å². The predicted octanol–water partition coefficient (Wildman–Crippen LogP) is 3.14. The molecule has 2 aliphatic heterocycles. The van der Waals surface area contributed by atoms with Gasteiger partial charge in [-0.25, -0.2) is 0 Å². The number of hydrogen-bond acceptors (Lipinski definition) is 3. The van der Waals surface area contributed by atoms with Crippen molar-refractivity contribution in [1.29, 1.82) is 0 Å². The van der Waals surface area contributed by atoms with Crippen molar-refractivity contribution in [1.82, 2.24) is 9.80 Å². The van der Waals surface area contributed by atoms with Gasteiger partial charge in [0.05, 0.1) is 13.2 Å². The number of morpholine rings is 1. The summed E-state index contributed by atoms with van der Waals surface area (Å²) in [5, 5.41) is 0. The van der Waals surface area contributed by atoms with Crippen molar-refractivity contribution in [2.24, 2.45) is 11.8 Å². The Morgan fingerprint density at radius 3 is 2.42 bits per heavy atom. The molecule has 3 fully saturated rings. The molecule has 0 radical (unpaired) electrons. The first-order valence-electron chi connectivity index (χ1n) is 10.4. The Kier molecular flexibility index (Phi) is 5.91. The summed E-state index contributed by atoms with van der Waals surface area (Å²) >= 11 is 0. The van der Waals surface area contributed by atoms with Crippen LogP contribution < -0.4 is 0 Å². The van der Waals surface area contributed by atoms with Gasteiger partial charge in [0.25, 0.3) is 0 Å². The third-order valence-corrected chi connectivity index (χ3v) is 6.57. The summed E-state index contributed by atoms with van der Waals surface area (Å²) in [6.45, 7) is 6.89. The fourth-order valence-corrected chi connectivity index (χ4v) is 4.99. The zero-order valence-electron chi connectivity index (χ0n) is 15.8. The SMILES string of the molecule is O=C(C1CCC(c2ccccc2)CC1)N1CCC(CN2CCOCC2)C1. The van der Waals surface area contributed by atoms with E-state index in [2.05, 4.69) is 40.1 Å². The summed E-state index contributed by atoms with van der Waals surface area (Å²) < 4.78 is 5.44. The van der Waals surface area contributed by atoms with E-state index in [0.717, 1.165) is 71.6 Å². The summed E-state index contributed by atoms with van der Waals surface area (Å²) in [5.41, 5.74) is 1.45. The Morgan fingerprint density at radius 1 is 0.962 bits per heavy atom. The Morgan fingerprint density at radius 2 is 1.69 bits per heavy atom. The van der Waals surface area contributed by atoms with E-state index in [4.69, 9.17) is 4.74 Å². The maximum atomic E-state index is 13.0. The zero-order valence-corrected chi connectivity index (χ0v) is 15.8. The predicted molar refractivity (Wildman–Crippen MR) is 103 cm³/mol. The molecule has 0 N–H and O–H groups in total. The summed E-state index contributed by atoms with van der Waals surface area (Å²) in [4.78, 5) is 17.6. The monoisotopic (exact) mass is 356 g/mol. The summed E-state index contributed by atoms with van der Waals surface area (Å²) in [6.07, 6.45) is 5.60. The molecule has 4 nitrogen and oxygen atoms in total. The molecule has 4 heteroatoms. The molecule has 1 aromatic carbocycles. The molecule has 2 saturated heterocycles. The van der Waals surface area contributed by atoms with Crippen LogP contribution in [0.25, 0.3) is 0 Å². The van der Waals surface area contributed by atoms with Gasteiger partial charge in [-0.15, -0.1) is 0 Å². The average molecular weight is 357 g/mol. The van der Waals surface area contributed by atoms with E-state index in [1.54, 1.807) is 0 Å². The van der Waals surface area contributed by atoms with Gasteiger partial charge < -0.3 is 9.64 Å². The molecule has 26 heavy (non-hydrogen) atoms.